The second kappa shape index (κ2) is 5.15. The maximum atomic E-state index is 13.1. The van der Waals surface area contributed by atoms with Crippen LogP contribution in [-0.4, -0.2) is 4.98 Å². The van der Waals surface area contributed by atoms with Gasteiger partial charge in [0.25, 0.3) is 0 Å². The summed E-state index contributed by atoms with van der Waals surface area (Å²) in [7, 11) is 0. The number of hydrogen-bond donors (Lipinski definition) is 1. The van der Waals surface area contributed by atoms with E-state index in [0.29, 0.717) is 6.54 Å². The molecule has 2 aromatic rings. The van der Waals surface area contributed by atoms with Crippen LogP contribution in [0.1, 0.15) is 21.1 Å². The maximum absolute atomic E-state index is 13.1. The summed E-state index contributed by atoms with van der Waals surface area (Å²) < 4.78 is 13.1. The Morgan fingerprint density at radius 3 is 2.83 bits per heavy atom. The number of benzene rings is 1. The van der Waals surface area contributed by atoms with Gasteiger partial charge >= 0.3 is 0 Å². The number of anilines is 1. The number of aromatic nitrogens is 1. The van der Waals surface area contributed by atoms with E-state index in [9.17, 15) is 4.39 Å². The number of nitrogens with zero attached hydrogens (tertiary/aromatic N) is 2. The minimum Gasteiger partial charge on any atom is -0.380 e. The summed E-state index contributed by atoms with van der Waals surface area (Å²) in [6, 6.07) is 6.26. The molecule has 0 aliphatic rings. The Labute approximate surface area is 109 Å². The fourth-order valence-corrected chi connectivity index (χ4v) is 2.52. The van der Waals surface area contributed by atoms with Gasteiger partial charge in [-0.2, -0.15) is 5.26 Å². The number of halogens is 1. The lowest BCUT2D eigenvalue weighted by Gasteiger charge is -2.05. The van der Waals surface area contributed by atoms with Crippen molar-refractivity contribution in [2.24, 2.45) is 0 Å². The molecule has 1 heterocycles. The molecule has 0 unspecified atom stereocenters. The molecule has 1 aromatic carbocycles. The van der Waals surface area contributed by atoms with Gasteiger partial charge in [-0.15, -0.1) is 11.3 Å². The molecule has 0 aliphatic carbocycles. The molecule has 92 valence electrons. The topological polar surface area (TPSA) is 48.7 Å². The van der Waals surface area contributed by atoms with Crippen LogP contribution in [0.3, 0.4) is 0 Å². The van der Waals surface area contributed by atoms with Gasteiger partial charge in [0.2, 0.25) is 0 Å². The zero-order valence-corrected chi connectivity index (χ0v) is 10.9. The average Bonchev–Trinajstić information content (AvgIpc) is 2.67. The van der Waals surface area contributed by atoms with Gasteiger partial charge in [0.15, 0.2) is 0 Å². The largest absolute Gasteiger partial charge is 0.380 e. The number of nitrogens with one attached hydrogen (secondary N) is 1. The van der Waals surface area contributed by atoms with Crippen molar-refractivity contribution in [3.8, 4) is 6.07 Å². The van der Waals surface area contributed by atoms with E-state index in [2.05, 4.69) is 10.3 Å². The van der Waals surface area contributed by atoms with Gasteiger partial charge in [0.1, 0.15) is 11.9 Å². The second-order valence-corrected chi connectivity index (χ2v) is 5.19. The first-order chi connectivity index (χ1) is 8.60. The highest BCUT2D eigenvalue weighted by atomic mass is 32.1. The molecule has 0 amide bonds. The monoisotopic (exact) mass is 261 g/mol. The van der Waals surface area contributed by atoms with Crippen molar-refractivity contribution in [2.75, 3.05) is 5.32 Å². The van der Waals surface area contributed by atoms with E-state index in [-0.39, 0.29) is 5.56 Å². The smallest absolute Gasteiger partial charge is 0.141 e. The highest BCUT2D eigenvalue weighted by Gasteiger charge is 2.06. The van der Waals surface area contributed by atoms with Crippen molar-refractivity contribution in [1.29, 1.82) is 5.26 Å². The van der Waals surface area contributed by atoms with E-state index in [4.69, 9.17) is 5.26 Å². The first-order valence-corrected chi connectivity index (χ1v) is 6.28. The number of hydrogen-bond acceptors (Lipinski definition) is 4. The molecule has 0 saturated heterocycles. The number of thiazole rings is 1. The van der Waals surface area contributed by atoms with Crippen molar-refractivity contribution < 1.29 is 4.39 Å². The molecular formula is C13H12FN3S. The summed E-state index contributed by atoms with van der Waals surface area (Å²) in [6.07, 6.45) is 0. The molecule has 1 aromatic heterocycles. The molecule has 18 heavy (non-hydrogen) atoms. The number of aryl methyl sites for hydroxylation is 2. The van der Waals surface area contributed by atoms with Gasteiger partial charge in [0, 0.05) is 10.6 Å². The summed E-state index contributed by atoms with van der Waals surface area (Å²) in [5.74, 6) is -0.493. The SMILES string of the molecule is Cc1nc(C)c(CNc2ccc(F)c(C#N)c2)s1. The minimum absolute atomic E-state index is 0.0530. The van der Waals surface area contributed by atoms with E-state index < -0.39 is 5.82 Å². The van der Waals surface area contributed by atoms with Gasteiger partial charge in [-0.05, 0) is 32.0 Å². The van der Waals surface area contributed by atoms with Crippen LogP contribution in [0.4, 0.5) is 10.1 Å². The Balaban J connectivity index is 2.11. The Morgan fingerprint density at radius 1 is 1.44 bits per heavy atom. The molecule has 0 saturated carbocycles. The van der Waals surface area contributed by atoms with E-state index >= 15 is 0 Å². The first-order valence-electron chi connectivity index (χ1n) is 5.46. The molecule has 2 rings (SSSR count). The molecule has 5 heteroatoms. The maximum Gasteiger partial charge on any atom is 0.141 e. The van der Waals surface area contributed by atoms with Gasteiger partial charge in [-0.3, -0.25) is 0 Å². The summed E-state index contributed by atoms with van der Waals surface area (Å²) in [4.78, 5) is 5.49. The second-order valence-electron chi connectivity index (χ2n) is 3.90. The van der Waals surface area contributed by atoms with Crippen molar-refractivity contribution in [3.05, 3.63) is 45.2 Å². The Morgan fingerprint density at radius 2 is 2.22 bits per heavy atom. The normalized spacial score (nSPS) is 10.1. The van der Waals surface area contributed by atoms with Gasteiger partial charge in [-0.25, -0.2) is 9.37 Å². The van der Waals surface area contributed by atoms with Crippen LogP contribution in [0.25, 0.3) is 0 Å². The molecule has 0 fully saturated rings. The van der Waals surface area contributed by atoms with Crippen molar-refractivity contribution in [3.63, 3.8) is 0 Å². The van der Waals surface area contributed by atoms with Crippen LogP contribution in [-0.2, 0) is 6.54 Å². The van der Waals surface area contributed by atoms with Crippen LogP contribution in [0.5, 0.6) is 0 Å². The van der Waals surface area contributed by atoms with Crippen molar-refractivity contribution in [1.82, 2.24) is 4.98 Å². The molecule has 0 spiro atoms. The minimum atomic E-state index is -0.493. The summed E-state index contributed by atoms with van der Waals surface area (Å²) >= 11 is 1.63. The highest BCUT2D eigenvalue weighted by Crippen LogP contribution is 2.20. The third-order valence-corrected chi connectivity index (χ3v) is 3.61. The van der Waals surface area contributed by atoms with E-state index in [0.717, 1.165) is 21.3 Å². The van der Waals surface area contributed by atoms with Gasteiger partial charge < -0.3 is 5.32 Å². The lowest BCUT2D eigenvalue weighted by atomic mass is 10.2. The Hall–Kier alpha value is -1.93. The summed E-state index contributed by atoms with van der Waals surface area (Å²) in [6.45, 7) is 4.56. The average molecular weight is 261 g/mol. The predicted octanol–water partition coefficient (Wildman–Crippen LogP) is 3.38. The zero-order valence-electron chi connectivity index (χ0n) is 10.1. The fourth-order valence-electron chi connectivity index (χ4n) is 1.64. The van der Waals surface area contributed by atoms with Crippen LogP contribution in [0.2, 0.25) is 0 Å². The van der Waals surface area contributed by atoms with Gasteiger partial charge in [-0.1, -0.05) is 0 Å². The molecule has 3 nitrogen and oxygen atoms in total. The molecule has 0 aliphatic heterocycles. The lowest BCUT2D eigenvalue weighted by Crippen LogP contribution is -1.99. The lowest BCUT2D eigenvalue weighted by molar-refractivity contribution is 0.624. The number of rotatable bonds is 3. The quantitative estimate of drug-likeness (QED) is 0.921. The van der Waals surface area contributed by atoms with Crippen LogP contribution >= 0.6 is 11.3 Å². The van der Waals surface area contributed by atoms with Crippen molar-refractivity contribution >= 4 is 17.0 Å². The summed E-state index contributed by atoms with van der Waals surface area (Å²) in [5.41, 5.74) is 1.79. The van der Waals surface area contributed by atoms with Crippen LogP contribution in [0, 0.1) is 31.0 Å². The predicted molar refractivity (Wildman–Crippen MR) is 70.0 cm³/mol. The van der Waals surface area contributed by atoms with Gasteiger partial charge in [0.05, 0.1) is 22.8 Å². The zero-order chi connectivity index (χ0) is 13.1. The highest BCUT2D eigenvalue weighted by molar-refractivity contribution is 7.11. The molecule has 0 radical (unpaired) electrons. The molecule has 1 N–H and O–H groups in total. The summed E-state index contributed by atoms with van der Waals surface area (Å²) in [5, 5.41) is 12.9. The van der Waals surface area contributed by atoms with E-state index in [1.807, 2.05) is 19.9 Å². The van der Waals surface area contributed by atoms with Crippen LogP contribution in [0.15, 0.2) is 18.2 Å². The molecule has 0 bridgehead atoms. The number of nitriles is 1. The Bertz CT molecular complexity index is 613. The fraction of sp³-hybridized carbons (Fsp3) is 0.231. The third kappa shape index (κ3) is 2.66. The Kier molecular flexibility index (Phi) is 3.58. The van der Waals surface area contributed by atoms with Crippen LogP contribution < -0.4 is 5.32 Å². The van der Waals surface area contributed by atoms with E-state index in [1.165, 1.54) is 12.1 Å². The standard InChI is InChI=1S/C13H12FN3S/c1-8-13(18-9(2)17-8)7-16-11-3-4-12(14)10(5-11)6-15/h3-5,16H,7H2,1-2H3. The van der Waals surface area contributed by atoms with E-state index in [1.54, 1.807) is 17.4 Å². The van der Waals surface area contributed by atoms with Crippen molar-refractivity contribution in [2.45, 2.75) is 20.4 Å². The molecular weight excluding hydrogens is 249 g/mol. The third-order valence-electron chi connectivity index (χ3n) is 2.54. The first kappa shape index (κ1) is 12.5. The molecule has 0 atom stereocenters.